The highest BCUT2D eigenvalue weighted by atomic mass is 32.2. The Morgan fingerprint density at radius 1 is 1.14 bits per heavy atom. The third kappa shape index (κ3) is 7.14. The fourth-order valence-corrected chi connectivity index (χ4v) is 5.67. The minimum absolute atomic E-state index is 0.0137. The van der Waals surface area contributed by atoms with Crippen LogP contribution in [0.25, 0.3) is 11.1 Å². The van der Waals surface area contributed by atoms with Gasteiger partial charge in [-0.3, -0.25) is 4.68 Å². The number of esters is 1. The number of carbonyl (C=O) groups is 2. The van der Waals surface area contributed by atoms with Crippen molar-refractivity contribution in [1.82, 2.24) is 20.1 Å². The number of aryl methyl sites for hydroxylation is 1. The monoisotopic (exact) mass is 534 g/mol. The predicted molar refractivity (Wildman–Crippen MR) is 134 cm³/mol. The number of rotatable bonds is 9. The molecule has 1 N–H and O–H groups in total. The van der Waals surface area contributed by atoms with E-state index in [1.807, 2.05) is 6.92 Å². The fourth-order valence-electron chi connectivity index (χ4n) is 3.08. The smallest absolute Gasteiger partial charge is 0.408 e. The van der Waals surface area contributed by atoms with Gasteiger partial charge in [0.15, 0.2) is 0 Å². The van der Waals surface area contributed by atoms with Crippen molar-refractivity contribution in [2.75, 3.05) is 6.61 Å². The molecule has 0 atom stereocenters. The second-order valence-electron chi connectivity index (χ2n) is 9.07. The van der Waals surface area contributed by atoms with Crippen molar-refractivity contribution in [3.05, 3.63) is 47.4 Å². The number of amides is 1. The Morgan fingerprint density at radius 2 is 1.89 bits per heavy atom. The Hall–Kier alpha value is -3.25. The number of hydrogen-bond acceptors (Lipinski definition) is 9. The lowest BCUT2D eigenvalue weighted by Crippen LogP contribution is -2.32. The van der Waals surface area contributed by atoms with E-state index in [0.29, 0.717) is 22.6 Å². The van der Waals surface area contributed by atoms with Gasteiger partial charge in [-0.25, -0.2) is 23.0 Å². The molecule has 0 aliphatic heterocycles. The summed E-state index contributed by atoms with van der Waals surface area (Å²) < 4.78 is 39.0. The zero-order valence-electron chi connectivity index (χ0n) is 20.9. The molecule has 2 aromatic heterocycles. The number of unbranched alkanes of at least 4 members (excludes halogenated alkanes) is 1. The summed E-state index contributed by atoms with van der Waals surface area (Å²) in [6, 6.07) is 4.39. The van der Waals surface area contributed by atoms with Crippen LogP contribution in [-0.2, 0) is 32.9 Å². The number of benzene rings is 1. The van der Waals surface area contributed by atoms with Gasteiger partial charge in [-0.2, -0.15) is 5.10 Å². The van der Waals surface area contributed by atoms with Crippen LogP contribution >= 0.6 is 11.3 Å². The Bertz CT molecular complexity index is 1340. The second-order valence-corrected chi connectivity index (χ2v) is 12.4. The number of nitrogens with one attached hydrogen (secondary N) is 1. The molecule has 0 fully saturated rings. The van der Waals surface area contributed by atoms with E-state index in [-0.39, 0.29) is 27.8 Å². The molecule has 0 spiro atoms. The summed E-state index contributed by atoms with van der Waals surface area (Å²) in [6.45, 7) is 7.47. The third-order valence-electron chi connectivity index (χ3n) is 4.80. The SMILES string of the molecule is CCCCOC(=O)c1cc(-c2cnn(C)c2)cc(S(=O)(=O)c2cnc(CNC(=O)OC(C)(C)C)s2)c1. The van der Waals surface area contributed by atoms with Gasteiger partial charge in [0.1, 0.15) is 14.8 Å². The number of nitrogens with zero attached hydrogens (tertiary/aromatic N) is 3. The molecule has 0 bridgehead atoms. The number of carbonyl (C=O) groups excluding carboxylic acids is 2. The highest BCUT2D eigenvalue weighted by Gasteiger charge is 2.25. The summed E-state index contributed by atoms with van der Waals surface area (Å²) in [5, 5.41) is 7.09. The first-order valence-corrected chi connectivity index (χ1v) is 13.7. The van der Waals surface area contributed by atoms with Gasteiger partial charge in [-0.15, -0.1) is 11.3 Å². The zero-order chi connectivity index (χ0) is 26.5. The van der Waals surface area contributed by atoms with Crippen molar-refractivity contribution >= 4 is 33.2 Å². The summed E-state index contributed by atoms with van der Waals surface area (Å²) >= 11 is 0.930. The molecule has 0 saturated carbocycles. The molecule has 0 aliphatic rings. The molecule has 0 saturated heterocycles. The molecule has 1 aromatic carbocycles. The Kier molecular flexibility index (Phi) is 8.51. The molecular formula is C24H30N4O6S2. The molecule has 10 nitrogen and oxygen atoms in total. The van der Waals surface area contributed by atoms with Crippen molar-refractivity contribution in [2.45, 2.75) is 61.8 Å². The average Bonchev–Trinajstić information content (AvgIpc) is 3.46. The number of aromatic nitrogens is 3. The van der Waals surface area contributed by atoms with Crippen LogP contribution in [0.15, 0.2) is 45.9 Å². The largest absolute Gasteiger partial charge is 0.462 e. The van der Waals surface area contributed by atoms with E-state index in [0.717, 1.165) is 17.8 Å². The number of alkyl carbamates (subject to hydrolysis) is 1. The van der Waals surface area contributed by atoms with Crippen LogP contribution < -0.4 is 5.32 Å². The molecule has 0 unspecified atom stereocenters. The number of sulfone groups is 1. The molecule has 0 aliphatic carbocycles. The van der Waals surface area contributed by atoms with Crippen LogP contribution in [-0.4, -0.2) is 47.5 Å². The lowest BCUT2D eigenvalue weighted by Gasteiger charge is -2.19. The van der Waals surface area contributed by atoms with E-state index < -0.39 is 27.5 Å². The Labute approximate surface area is 214 Å². The van der Waals surface area contributed by atoms with E-state index in [2.05, 4.69) is 15.4 Å². The normalized spacial score (nSPS) is 11.8. The molecule has 0 radical (unpaired) electrons. The minimum Gasteiger partial charge on any atom is -0.462 e. The highest BCUT2D eigenvalue weighted by Crippen LogP contribution is 2.31. The van der Waals surface area contributed by atoms with E-state index in [9.17, 15) is 18.0 Å². The summed E-state index contributed by atoms with van der Waals surface area (Å²) in [4.78, 5) is 28.6. The average molecular weight is 535 g/mol. The standard InChI is InChI=1S/C24H30N4O6S2/c1-6-7-8-33-22(29)17-9-16(18-12-27-28(5)15-18)10-19(11-17)36(31,32)21-14-25-20(35-21)13-26-23(30)34-24(2,3)4/h9-12,14-15H,6-8,13H2,1-5H3,(H,26,30). The van der Waals surface area contributed by atoms with Gasteiger partial charge in [0.05, 0.1) is 36.0 Å². The van der Waals surface area contributed by atoms with Gasteiger partial charge in [0.25, 0.3) is 0 Å². The number of ether oxygens (including phenoxy) is 2. The lowest BCUT2D eigenvalue weighted by molar-refractivity contribution is 0.0495. The van der Waals surface area contributed by atoms with Gasteiger partial charge < -0.3 is 14.8 Å². The third-order valence-corrected chi connectivity index (χ3v) is 7.99. The van der Waals surface area contributed by atoms with E-state index >= 15 is 0 Å². The molecule has 3 rings (SSSR count). The minimum atomic E-state index is -4.01. The van der Waals surface area contributed by atoms with Crippen molar-refractivity contribution < 1.29 is 27.5 Å². The molecule has 194 valence electrons. The maximum Gasteiger partial charge on any atom is 0.408 e. The Morgan fingerprint density at radius 3 is 2.53 bits per heavy atom. The van der Waals surface area contributed by atoms with Crippen LogP contribution in [0, 0.1) is 0 Å². The molecule has 2 heterocycles. The first-order chi connectivity index (χ1) is 16.9. The van der Waals surface area contributed by atoms with E-state index in [1.54, 1.807) is 51.0 Å². The number of thiazole rings is 1. The van der Waals surface area contributed by atoms with Gasteiger partial charge in [-0.05, 0) is 51.0 Å². The molecule has 36 heavy (non-hydrogen) atoms. The number of hydrogen-bond donors (Lipinski definition) is 1. The summed E-state index contributed by atoms with van der Waals surface area (Å²) in [5.74, 6) is -0.600. The van der Waals surface area contributed by atoms with Gasteiger partial charge in [0.2, 0.25) is 9.84 Å². The molecule has 1 amide bonds. The molecule has 3 aromatic rings. The summed E-state index contributed by atoms with van der Waals surface area (Å²) in [7, 11) is -2.27. The summed E-state index contributed by atoms with van der Waals surface area (Å²) in [6.07, 6.45) is 5.50. The second kappa shape index (κ2) is 11.2. The summed E-state index contributed by atoms with van der Waals surface area (Å²) in [5.41, 5.74) is 0.643. The maximum atomic E-state index is 13.5. The van der Waals surface area contributed by atoms with Crippen LogP contribution in [0.4, 0.5) is 4.79 Å². The first kappa shape index (κ1) is 27.3. The van der Waals surface area contributed by atoms with Gasteiger partial charge in [-0.1, -0.05) is 13.3 Å². The van der Waals surface area contributed by atoms with Crippen LogP contribution in [0.2, 0.25) is 0 Å². The molecular weight excluding hydrogens is 504 g/mol. The topological polar surface area (TPSA) is 129 Å². The van der Waals surface area contributed by atoms with E-state index in [1.165, 1.54) is 18.3 Å². The van der Waals surface area contributed by atoms with Gasteiger partial charge >= 0.3 is 12.1 Å². The maximum absolute atomic E-state index is 13.5. The highest BCUT2D eigenvalue weighted by molar-refractivity contribution is 7.93. The predicted octanol–water partition coefficient (Wildman–Crippen LogP) is 4.36. The van der Waals surface area contributed by atoms with Crippen molar-refractivity contribution in [3.8, 4) is 11.1 Å². The molecule has 12 heteroatoms. The van der Waals surface area contributed by atoms with Crippen molar-refractivity contribution in [2.24, 2.45) is 7.05 Å². The quantitative estimate of drug-likeness (QED) is 0.317. The zero-order valence-corrected chi connectivity index (χ0v) is 22.5. The lowest BCUT2D eigenvalue weighted by atomic mass is 10.1. The van der Waals surface area contributed by atoms with Crippen molar-refractivity contribution in [1.29, 1.82) is 0 Å². The van der Waals surface area contributed by atoms with Crippen LogP contribution in [0.5, 0.6) is 0 Å². The van der Waals surface area contributed by atoms with E-state index in [4.69, 9.17) is 9.47 Å². The van der Waals surface area contributed by atoms with Crippen LogP contribution in [0.3, 0.4) is 0 Å². The van der Waals surface area contributed by atoms with Crippen molar-refractivity contribution in [3.63, 3.8) is 0 Å². The Balaban J connectivity index is 1.90. The fraction of sp³-hybridized carbons (Fsp3) is 0.417. The van der Waals surface area contributed by atoms with Gasteiger partial charge in [0, 0.05) is 18.8 Å². The first-order valence-electron chi connectivity index (χ1n) is 11.4. The van der Waals surface area contributed by atoms with Crippen LogP contribution in [0.1, 0.15) is 55.9 Å².